The molecule has 3 aromatic rings. The van der Waals surface area contributed by atoms with Crippen molar-refractivity contribution in [1.29, 1.82) is 0 Å². The molecule has 0 radical (unpaired) electrons. The van der Waals surface area contributed by atoms with E-state index in [1.807, 2.05) is 29.6 Å². The molecule has 0 aliphatic rings. The molecular formula is C13H9NO2S2. The van der Waals surface area contributed by atoms with Gasteiger partial charge in [0, 0.05) is 22.0 Å². The number of hydrogen-bond acceptors (Lipinski definition) is 5. The van der Waals surface area contributed by atoms with Gasteiger partial charge in [-0.3, -0.25) is 0 Å². The molecule has 3 aromatic heterocycles. The summed E-state index contributed by atoms with van der Waals surface area (Å²) in [5.74, 6) is -0.304. The number of aromatic nitrogens is 1. The zero-order chi connectivity index (χ0) is 12.5. The largest absolute Gasteiger partial charge is 0.465 e. The number of methoxy groups -OCH3 is 1. The van der Waals surface area contributed by atoms with Crippen molar-refractivity contribution < 1.29 is 9.53 Å². The average molecular weight is 275 g/mol. The standard InChI is InChI=1S/C13H9NO2S2/c1-16-13(15)11-10(9-5-3-7-17-9)8-4-2-6-14-12(8)18-11/h2-7H,1H3. The minimum Gasteiger partial charge on any atom is -0.465 e. The van der Waals surface area contributed by atoms with E-state index < -0.39 is 0 Å². The van der Waals surface area contributed by atoms with Crippen molar-refractivity contribution in [3.63, 3.8) is 0 Å². The van der Waals surface area contributed by atoms with E-state index in [4.69, 9.17) is 4.74 Å². The van der Waals surface area contributed by atoms with Gasteiger partial charge in [0.15, 0.2) is 0 Å². The molecule has 0 saturated carbocycles. The van der Waals surface area contributed by atoms with Crippen LogP contribution in [0.3, 0.4) is 0 Å². The summed E-state index contributed by atoms with van der Waals surface area (Å²) in [7, 11) is 1.40. The third kappa shape index (κ3) is 1.72. The minimum absolute atomic E-state index is 0.304. The summed E-state index contributed by atoms with van der Waals surface area (Å²) in [5, 5.41) is 3.00. The smallest absolute Gasteiger partial charge is 0.348 e. The lowest BCUT2D eigenvalue weighted by atomic mass is 10.1. The van der Waals surface area contributed by atoms with Gasteiger partial charge in [-0.2, -0.15) is 0 Å². The van der Waals surface area contributed by atoms with E-state index >= 15 is 0 Å². The summed E-state index contributed by atoms with van der Waals surface area (Å²) < 4.78 is 4.85. The van der Waals surface area contributed by atoms with Crippen LogP contribution >= 0.6 is 22.7 Å². The maximum absolute atomic E-state index is 11.9. The summed E-state index contributed by atoms with van der Waals surface area (Å²) in [5.41, 5.74) is 0.935. The van der Waals surface area contributed by atoms with Crippen LogP contribution in [0.5, 0.6) is 0 Å². The van der Waals surface area contributed by atoms with E-state index in [1.165, 1.54) is 18.4 Å². The van der Waals surface area contributed by atoms with Gasteiger partial charge in [0.25, 0.3) is 0 Å². The molecule has 0 N–H and O–H groups in total. The molecule has 0 aliphatic carbocycles. The summed E-state index contributed by atoms with van der Waals surface area (Å²) in [6.07, 6.45) is 1.73. The van der Waals surface area contributed by atoms with Crippen LogP contribution in [-0.2, 0) is 4.74 Å². The lowest BCUT2D eigenvalue weighted by Gasteiger charge is -2.00. The number of rotatable bonds is 2. The van der Waals surface area contributed by atoms with Crippen molar-refractivity contribution in [3.8, 4) is 10.4 Å². The molecule has 0 atom stereocenters. The van der Waals surface area contributed by atoms with Crippen LogP contribution in [-0.4, -0.2) is 18.1 Å². The van der Waals surface area contributed by atoms with Gasteiger partial charge in [-0.05, 0) is 23.6 Å². The summed E-state index contributed by atoms with van der Waals surface area (Å²) in [6.45, 7) is 0. The Hall–Kier alpha value is -1.72. The maximum atomic E-state index is 11.9. The number of hydrogen-bond donors (Lipinski definition) is 0. The van der Waals surface area contributed by atoms with E-state index in [0.29, 0.717) is 4.88 Å². The van der Waals surface area contributed by atoms with Crippen LogP contribution in [0.1, 0.15) is 9.67 Å². The summed E-state index contributed by atoms with van der Waals surface area (Å²) in [6, 6.07) is 7.85. The van der Waals surface area contributed by atoms with Crippen molar-refractivity contribution in [2.24, 2.45) is 0 Å². The molecule has 0 aliphatic heterocycles. The van der Waals surface area contributed by atoms with Crippen molar-refractivity contribution in [1.82, 2.24) is 4.98 Å². The second kappa shape index (κ2) is 4.51. The number of pyridine rings is 1. The predicted molar refractivity (Wildman–Crippen MR) is 74.3 cm³/mol. The second-order valence-corrected chi connectivity index (χ2v) is 5.58. The Morgan fingerprint density at radius 1 is 1.33 bits per heavy atom. The van der Waals surface area contributed by atoms with Crippen molar-refractivity contribution in [2.45, 2.75) is 0 Å². The third-order valence-electron chi connectivity index (χ3n) is 2.60. The van der Waals surface area contributed by atoms with E-state index in [0.717, 1.165) is 20.7 Å². The molecule has 0 saturated heterocycles. The normalized spacial score (nSPS) is 10.7. The number of nitrogens with zero attached hydrogens (tertiary/aromatic N) is 1. The molecular weight excluding hydrogens is 266 g/mol. The van der Waals surface area contributed by atoms with Gasteiger partial charge in [0.1, 0.15) is 9.71 Å². The first-order valence-corrected chi connectivity index (χ1v) is 7.00. The molecule has 0 amide bonds. The Balaban J connectivity index is 2.35. The molecule has 0 bridgehead atoms. The highest BCUT2D eigenvalue weighted by Gasteiger charge is 2.21. The first-order chi connectivity index (χ1) is 8.81. The minimum atomic E-state index is -0.304. The summed E-state index contributed by atoms with van der Waals surface area (Å²) >= 11 is 2.98. The van der Waals surface area contributed by atoms with Gasteiger partial charge in [0.2, 0.25) is 0 Å². The van der Waals surface area contributed by atoms with Gasteiger partial charge < -0.3 is 4.74 Å². The van der Waals surface area contributed by atoms with Gasteiger partial charge in [-0.15, -0.1) is 22.7 Å². The number of fused-ring (bicyclic) bond motifs is 1. The van der Waals surface area contributed by atoms with Crippen LogP contribution in [0.4, 0.5) is 0 Å². The number of esters is 1. The van der Waals surface area contributed by atoms with Crippen LogP contribution in [0.2, 0.25) is 0 Å². The Morgan fingerprint density at radius 2 is 2.22 bits per heavy atom. The highest BCUT2D eigenvalue weighted by atomic mass is 32.1. The Morgan fingerprint density at radius 3 is 2.94 bits per heavy atom. The van der Waals surface area contributed by atoms with Crippen LogP contribution in [0.15, 0.2) is 35.8 Å². The fourth-order valence-electron chi connectivity index (χ4n) is 1.83. The predicted octanol–water partition coefficient (Wildman–Crippen LogP) is 3.81. The SMILES string of the molecule is COC(=O)c1sc2ncccc2c1-c1cccs1. The second-order valence-electron chi connectivity index (χ2n) is 3.63. The van der Waals surface area contributed by atoms with Gasteiger partial charge in [0.05, 0.1) is 7.11 Å². The first kappa shape index (κ1) is 11.4. The topological polar surface area (TPSA) is 39.2 Å². The third-order valence-corrected chi connectivity index (χ3v) is 4.59. The molecule has 3 rings (SSSR count). The monoisotopic (exact) mass is 275 g/mol. The number of carbonyl (C=O) groups excluding carboxylic acids is 1. The lowest BCUT2D eigenvalue weighted by Crippen LogP contribution is -1.99. The number of thiophene rings is 2. The Kier molecular flexibility index (Phi) is 2.85. The van der Waals surface area contributed by atoms with E-state index in [2.05, 4.69) is 4.98 Å². The number of ether oxygens (including phenoxy) is 1. The number of carbonyl (C=O) groups is 1. The maximum Gasteiger partial charge on any atom is 0.348 e. The van der Waals surface area contributed by atoms with Crippen molar-refractivity contribution >= 4 is 38.9 Å². The quantitative estimate of drug-likeness (QED) is 0.668. The Bertz CT molecular complexity index is 701. The fourth-order valence-corrected chi connectivity index (χ4v) is 3.77. The van der Waals surface area contributed by atoms with E-state index in [1.54, 1.807) is 17.5 Å². The molecule has 3 nitrogen and oxygen atoms in total. The molecule has 0 spiro atoms. The highest BCUT2D eigenvalue weighted by molar-refractivity contribution is 7.22. The zero-order valence-corrected chi connectivity index (χ0v) is 11.2. The first-order valence-electron chi connectivity index (χ1n) is 5.31. The molecule has 5 heteroatoms. The van der Waals surface area contributed by atoms with Crippen LogP contribution in [0.25, 0.3) is 20.7 Å². The molecule has 0 fully saturated rings. The molecule has 0 aromatic carbocycles. The molecule has 3 heterocycles. The van der Waals surface area contributed by atoms with E-state index in [-0.39, 0.29) is 5.97 Å². The fraction of sp³-hybridized carbons (Fsp3) is 0.0769. The van der Waals surface area contributed by atoms with E-state index in [9.17, 15) is 4.79 Å². The van der Waals surface area contributed by atoms with Crippen molar-refractivity contribution in [2.75, 3.05) is 7.11 Å². The van der Waals surface area contributed by atoms with Crippen LogP contribution in [0, 0.1) is 0 Å². The zero-order valence-electron chi connectivity index (χ0n) is 9.54. The lowest BCUT2D eigenvalue weighted by molar-refractivity contribution is 0.0607. The highest BCUT2D eigenvalue weighted by Crippen LogP contribution is 2.39. The average Bonchev–Trinajstić information content (AvgIpc) is 3.03. The van der Waals surface area contributed by atoms with Gasteiger partial charge in [-0.25, -0.2) is 9.78 Å². The molecule has 18 heavy (non-hydrogen) atoms. The molecule has 90 valence electrons. The Labute approximate surface area is 112 Å². The molecule has 0 unspecified atom stereocenters. The van der Waals surface area contributed by atoms with Gasteiger partial charge in [-0.1, -0.05) is 6.07 Å². The summed E-state index contributed by atoms with van der Waals surface area (Å²) in [4.78, 5) is 18.7. The van der Waals surface area contributed by atoms with Gasteiger partial charge >= 0.3 is 5.97 Å². The van der Waals surface area contributed by atoms with Crippen molar-refractivity contribution in [3.05, 3.63) is 40.7 Å². The van der Waals surface area contributed by atoms with Crippen LogP contribution < -0.4 is 0 Å².